The number of benzene rings is 1. The maximum Gasteiger partial charge on any atom is 0.0994 e. The number of imidazole rings is 1. The first-order chi connectivity index (χ1) is 9.38. The van der Waals surface area contributed by atoms with Gasteiger partial charge in [0.05, 0.1) is 18.2 Å². The third-order valence-electron chi connectivity index (χ3n) is 3.69. The largest absolute Gasteiger partial charge is 0.309 e. The second-order valence-electron chi connectivity index (χ2n) is 4.89. The summed E-state index contributed by atoms with van der Waals surface area (Å²) in [4.78, 5) is 5.63. The van der Waals surface area contributed by atoms with E-state index in [2.05, 4.69) is 45.4 Å². The van der Waals surface area contributed by atoms with Crippen LogP contribution in [0.5, 0.6) is 0 Å². The molecular weight excluding hydrogens is 254 g/mol. The Labute approximate surface area is 118 Å². The Morgan fingerprint density at radius 1 is 1.26 bits per heavy atom. The van der Waals surface area contributed by atoms with Gasteiger partial charge in [0.25, 0.3) is 0 Å². The minimum Gasteiger partial charge on any atom is -0.309 e. The number of rotatable bonds is 3. The minimum absolute atomic E-state index is 0.441. The Kier molecular flexibility index (Phi) is 3.89. The fraction of sp³-hybridized carbons (Fsp3) is 0.400. The highest BCUT2D eigenvalue weighted by Crippen LogP contribution is 2.25. The van der Waals surface area contributed by atoms with Crippen LogP contribution in [0.15, 0.2) is 41.7 Å². The Balaban J connectivity index is 1.89. The van der Waals surface area contributed by atoms with Gasteiger partial charge in [-0.1, -0.05) is 6.42 Å². The summed E-state index contributed by atoms with van der Waals surface area (Å²) >= 11 is 1.77. The van der Waals surface area contributed by atoms with Crippen LogP contribution in [0.2, 0.25) is 0 Å². The molecule has 1 aliphatic heterocycles. The lowest BCUT2D eigenvalue weighted by Gasteiger charge is -2.24. The fourth-order valence-electron chi connectivity index (χ4n) is 2.63. The average Bonchev–Trinajstić information content (AvgIpc) is 2.98. The van der Waals surface area contributed by atoms with Gasteiger partial charge in [0.1, 0.15) is 0 Å². The van der Waals surface area contributed by atoms with Gasteiger partial charge in [-0.25, -0.2) is 4.98 Å². The van der Waals surface area contributed by atoms with Crippen molar-refractivity contribution in [3.8, 4) is 5.69 Å². The quantitative estimate of drug-likeness (QED) is 0.869. The summed E-state index contributed by atoms with van der Waals surface area (Å²) in [5, 5.41) is 3.59. The Morgan fingerprint density at radius 3 is 2.79 bits per heavy atom. The molecule has 19 heavy (non-hydrogen) atoms. The third-order valence-corrected chi connectivity index (χ3v) is 4.43. The summed E-state index contributed by atoms with van der Waals surface area (Å²) in [6.45, 7) is 1.11. The molecule has 1 unspecified atom stereocenters. The zero-order valence-corrected chi connectivity index (χ0v) is 12.0. The van der Waals surface area contributed by atoms with Gasteiger partial charge in [0, 0.05) is 16.6 Å². The molecule has 0 bridgehead atoms. The van der Waals surface area contributed by atoms with E-state index in [1.165, 1.54) is 35.5 Å². The van der Waals surface area contributed by atoms with Crippen LogP contribution < -0.4 is 5.32 Å². The molecule has 1 aromatic carbocycles. The number of nitrogens with zero attached hydrogens (tertiary/aromatic N) is 2. The van der Waals surface area contributed by atoms with E-state index in [1.807, 2.05) is 12.5 Å². The summed E-state index contributed by atoms with van der Waals surface area (Å²) in [7, 11) is 0. The number of hydrogen-bond acceptors (Lipinski definition) is 3. The van der Waals surface area contributed by atoms with Gasteiger partial charge >= 0.3 is 0 Å². The van der Waals surface area contributed by atoms with E-state index >= 15 is 0 Å². The number of thioether (sulfide) groups is 1. The molecule has 1 aromatic heterocycles. The van der Waals surface area contributed by atoms with Gasteiger partial charge in [-0.15, -0.1) is 11.8 Å². The van der Waals surface area contributed by atoms with Crippen molar-refractivity contribution in [1.82, 2.24) is 14.9 Å². The average molecular weight is 273 g/mol. The van der Waals surface area contributed by atoms with Gasteiger partial charge in [-0.2, -0.15) is 0 Å². The summed E-state index contributed by atoms with van der Waals surface area (Å²) in [6, 6.07) is 9.10. The minimum atomic E-state index is 0.441. The number of piperidine rings is 1. The van der Waals surface area contributed by atoms with E-state index in [0.29, 0.717) is 6.04 Å². The third kappa shape index (κ3) is 2.69. The molecule has 3 nitrogen and oxygen atoms in total. The molecule has 1 aliphatic rings. The smallest absolute Gasteiger partial charge is 0.0994 e. The lowest BCUT2D eigenvalue weighted by atomic mass is 10.0. The van der Waals surface area contributed by atoms with Crippen LogP contribution in [-0.2, 0) is 0 Å². The number of aromatic nitrogens is 2. The molecule has 4 heteroatoms. The first kappa shape index (κ1) is 12.8. The summed E-state index contributed by atoms with van der Waals surface area (Å²) in [5.41, 5.74) is 2.47. The van der Waals surface area contributed by atoms with Gasteiger partial charge in [0.2, 0.25) is 0 Å². The first-order valence-corrected chi connectivity index (χ1v) is 8.01. The van der Waals surface area contributed by atoms with E-state index in [9.17, 15) is 0 Å². The van der Waals surface area contributed by atoms with Crippen molar-refractivity contribution < 1.29 is 0 Å². The highest BCUT2D eigenvalue weighted by atomic mass is 32.2. The summed E-state index contributed by atoms with van der Waals surface area (Å²) < 4.78 is 2.20. The monoisotopic (exact) mass is 273 g/mol. The highest BCUT2D eigenvalue weighted by Gasteiger charge is 2.18. The van der Waals surface area contributed by atoms with E-state index in [-0.39, 0.29) is 0 Å². The van der Waals surface area contributed by atoms with Gasteiger partial charge < -0.3 is 9.88 Å². The Morgan fingerprint density at radius 2 is 2.11 bits per heavy atom. The SMILES string of the molecule is CSc1ccc(-n2cncc2C2CCCCN2)cc1. The molecule has 1 atom stereocenters. The van der Waals surface area contributed by atoms with E-state index in [1.54, 1.807) is 11.8 Å². The van der Waals surface area contributed by atoms with E-state index < -0.39 is 0 Å². The van der Waals surface area contributed by atoms with Crippen LogP contribution >= 0.6 is 11.8 Å². The molecule has 0 radical (unpaired) electrons. The molecule has 1 N–H and O–H groups in total. The fourth-order valence-corrected chi connectivity index (χ4v) is 3.03. The number of nitrogens with one attached hydrogen (secondary N) is 1. The van der Waals surface area contributed by atoms with Crippen molar-refractivity contribution in [3.63, 3.8) is 0 Å². The van der Waals surface area contributed by atoms with Crippen molar-refractivity contribution in [2.45, 2.75) is 30.2 Å². The van der Waals surface area contributed by atoms with Crippen LogP contribution in [0.4, 0.5) is 0 Å². The maximum absolute atomic E-state index is 4.33. The second kappa shape index (κ2) is 5.80. The first-order valence-electron chi connectivity index (χ1n) is 6.78. The lowest BCUT2D eigenvalue weighted by molar-refractivity contribution is 0.402. The summed E-state index contributed by atoms with van der Waals surface area (Å²) in [5.74, 6) is 0. The van der Waals surface area contributed by atoms with Crippen molar-refractivity contribution in [2.24, 2.45) is 0 Å². The van der Waals surface area contributed by atoms with Crippen LogP contribution in [0.1, 0.15) is 31.0 Å². The van der Waals surface area contributed by atoms with Crippen molar-refractivity contribution in [3.05, 3.63) is 42.5 Å². The predicted molar refractivity (Wildman–Crippen MR) is 79.9 cm³/mol. The highest BCUT2D eigenvalue weighted by molar-refractivity contribution is 7.98. The normalized spacial score (nSPS) is 19.5. The van der Waals surface area contributed by atoms with Crippen molar-refractivity contribution >= 4 is 11.8 Å². The van der Waals surface area contributed by atoms with Crippen LogP contribution in [0, 0.1) is 0 Å². The van der Waals surface area contributed by atoms with Crippen LogP contribution in [0.25, 0.3) is 5.69 Å². The zero-order valence-electron chi connectivity index (χ0n) is 11.2. The predicted octanol–water partition coefficient (Wildman–Crippen LogP) is 3.41. The Bertz CT molecular complexity index is 527. The standard InChI is InChI=1S/C15H19N3S/c1-19-13-7-5-12(6-8-13)18-11-16-10-15(18)14-4-2-3-9-17-14/h5-8,10-11,14,17H,2-4,9H2,1H3. The maximum atomic E-state index is 4.33. The van der Waals surface area contributed by atoms with E-state index in [4.69, 9.17) is 0 Å². The van der Waals surface area contributed by atoms with Crippen molar-refractivity contribution in [2.75, 3.05) is 12.8 Å². The molecule has 1 saturated heterocycles. The molecule has 3 rings (SSSR count). The van der Waals surface area contributed by atoms with Gasteiger partial charge in [-0.05, 0) is 49.9 Å². The molecule has 0 saturated carbocycles. The van der Waals surface area contributed by atoms with E-state index in [0.717, 1.165) is 6.54 Å². The van der Waals surface area contributed by atoms with Gasteiger partial charge in [0.15, 0.2) is 0 Å². The molecule has 2 heterocycles. The molecule has 0 aliphatic carbocycles. The second-order valence-corrected chi connectivity index (χ2v) is 5.77. The topological polar surface area (TPSA) is 29.9 Å². The summed E-state index contributed by atoms with van der Waals surface area (Å²) in [6.07, 6.45) is 9.80. The molecule has 0 spiro atoms. The molecular formula is C15H19N3S. The van der Waals surface area contributed by atoms with Crippen LogP contribution in [-0.4, -0.2) is 22.4 Å². The lowest BCUT2D eigenvalue weighted by Crippen LogP contribution is -2.28. The molecule has 1 fully saturated rings. The number of hydrogen-bond donors (Lipinski definition) is 1. The molecule has 100 valence electrons. The van der Waals surface area contributed by atoms with Gasteiger partial charge in [-0.3, -0.25) is 0 Å². The van der Waals surface area contributed by atoms with Crippen molar-refractivity contribution in [1.29, 1.82) is 0 Å². The zero-order chi connectivity index (χ0) is 13.1. The Hall–Kier alpha value is -1.26. The molecule has 0 amide bonds. The molecule has 2 aromatic rings. The van der Waals surface area contributed by atoms with Crippen LogP contribution in [0.3, 0.4) is 0 Å².